The van der Waals surface area contributed by atoms with Gasteiger partial charge in [-0.25, -0.2) is 9.59 Å². The zero-order chi connectivity index (χ0) is 19.7. The smallest absolute Gasteiger partial charge is 0.408 e. The van der Waals surface area contributed by atoms with E-state index in [4.69, 9.17) is 9.47 Å². The van der Waals surface area contributed by atoms with Gasteiger partial charge < -0.3 is 14.8 Å². The minimum atomic E-state index is -0.789. The Morgan fingerprint density at radius 3 is 2.23 bits per heavy atom. The first-order chi connectivity index (χ1) is 12.1. The predicted octanol–water partition coefficient (Wildman–Crippen LogP) is 3.40. The first kappa shape index (κ1) is 21.4. The molecule has 1 amide bonds. The minimum absolute atomic E-state index is 0.127. The predicted molar refractivity (Wildman–Crippen MR) is 98.4 cm³/mol. The first-order valence-electron chi connectivity index (χ1n) is 8.50. The fourth-order valence-electron chi connectivity index (χ4n) is 2.03. The molecule has 26 heavy (non-hydrogen) atoms. The lowest BCUT2D eigenvalue weighted by atomic mass is 10.00. The van der Waals surface area contributed by atoms with Crippen molar-refractivity contribution in [1.29, 1.82) is 0 Å². The van der Waals surface area contributed by atoms with Gasteiger partial charge in [0.2, 0.25) is 0 Å². The van der Waals surface area contributed by atoms with Crippen LogP contribution in [0.3, 0.4) is 0 Å². The van der Waals surface area contributed by atoms with Crippen molar-refractivity contribution in [2.24, 2.45) is 5.92 Å². The van der Waals surface area contributed by atoms with E-state index >= 15 is 0 Å². The van der Waals surface area contributed by atoms with Crippen molar-refractivity contribution in [2.45, 2.75) is 52.9 Å². The van der Waals surface area contributed by atoms with Crippen molar-refractivity contribution in [2.75, 3.05) is 0 Å². The Balaban J connectivity index is 2.58. The molecule has 0 heterocycles. The Morgan fingerprint density at radius 1 is 1.08 bits per heavy atom. The van der Waals surface area contributed by atoms with Crippen molar-refractivity contribution in [3.63, 3.8) is 0 Å². The molecule has 0 unspecified atom stereocenters. The number of hydrogen-bond donors (Lipinski definition) is 1. The maximum atomic E-state index is 12.3. The molecular weight excluding hydrogens is 334 g/mol. The number of ketones is 1. The van der Waals surface area contributed by atoms with Gasteiger partial charge in [0, 0.05) is 6.08 Å². The van der Waals surface area contributed by atoms with E-state index in [0.29, 0.717) is 0 Å². The molecule has 6 heteroatoms. The standard InChI is InChI=1S/C20H27NO5/c1-14(2)18(21-19(24)26-20(3,4)5)16(22)11-12-17(23)25-13-15-9-7-6-8-10-15/h6-12,14,18H,13H2,1-5H3,(H,21,24)/b12-11+/t18-/m0/s1. The molecule has 0 aliphatic carbocycles. The molecule has 1 rings (SSSR count). The Hall–Kier alpha value is -2.63. The fourth-order valence-corrected chi connectivity index (χ4v) is 2.03. The van der Waals surface area contributed by atoms with E-state index in [-0.39, 0.29) is 12.5 Å². The Bertz CT molecular complexity index is 644. The van der Waals surface area contributed by atoms with E-state index in [1.807, 2.05) is 30.3 Å². The maximum absolute atomic E-state index is 12.3. The average Bonchev–Trinajstić information content (AvgIpc) is 2.54. The second-order valence-corrected chi connectivity index (χ2v) is 7.20. The summed E-state index contributed by atoms with van der Waals surface area (Å²) in [5, 5.41) is 2.54. The van der Waals surface area contributed by atoms with E-state index in [1.54, 1.807) is 34.6 Å². The monoisotopic (exact) mass is 361 g/mol. The van der Waals surface area contributed by atoms with E-state index in [9.17, 15) is 14.4 Å². The number of amides is 1. The van der Waals surface area contributed by atoms with Gasteiger partial charge in [0.1, 0.15) is 12.2 Å². The number of carbonyl (C=O) groups is 3. The third kappa shape index (κ3) is 8.46. The highest BCUT2D eigenvalue weighted by Crippen LogP contribution is 2.10. The van der Waals surface area contributed by atoms with Gasteiger partial charge in [0.05, 0.1) is 6.04 Å². The lowest BCUT2D eigenvalue weighted by molar-refractivity contribution is -0.139. The number of esters is 1. The second kappa shape index (κ2) is 9.75. The van der Waals surface area contributed by atoms with Gasteiger partial charge >= 0.3 is 12.1 Å². The van der Waals surface area contributed by atoms with Crippen LogP contribution in [-0.2, 0) is 25.7 Å². The molecule has 142 valence electrons. The highest BCUT2D eigenvalue weighted by atomic mass is 16.6. The third-order valence-electron chi connectivity index (χ3n) is 3.25. The van der Waals surface area contributed by atoms with Gasteiger partial charge in [-0.05, 0) is 38.3 Å². The van der Waals surface area contributed by atoms with Crippen LogP contribution in [0.5, 0.6) is 0 Å². The van der Waals surface area contributed by atoms with Crippen molar-refractivity contribution in [3.8, 4) is 0 Å². The molecule has 0 fully saturated rings. The molecule has 1 aromatic carbocycles. The summed E-state index contributed by atoms with van der Waals surface area (Å²) in [5.74, 6) is -1.19. The number of carbonyl (C=O) groups excluding carboxylic acids is 3. The topological polar surface area (TPSA) is 81.7 Å². The Labute approximate surface area is 154 Å². The molecule has 0 spiro atoms. The van der Waals surface area contributed by atoms with Gasteiger partial charge in [0.15, 0.2) is 5.78 Å². The quantitative estimate of drug-likeness (QED) is 0.594. The van der Waals surface area contributed by atoms with Gasteiger partial charge in [-0.15, -0.1) is 0 Å². The fraction of sp³-hybridized carbons (Fsp3) is 0.450. The van der Waals surface area contributed by atoms with Crippen molar-refractivity contribution in [3.05, 3.63) is 48.0 Å². The number of alkyl carbamates (subject to hydrolysis) is 1. The molecule has 0 saturated carbocycles. The summed E-state index contributed by atoms with van der Waals surface area (Å²) >= 11 is 0. The molecule has 1 atom stereocenters. The van der Waals surface area contributed by atoms with E-state index < -0.39 is 29.5 Å². The molecule has 0 aliphatic heterocycles. The van der Waals surface area contributed by atoms with E-state index in [2.05, 4.69) is 5.32 Å². The van der Waals surface area contributed by atoms with E-state index in [1.165, 1.54) is 0 Å². The lowest BCUT2D eigenvalue weighted by Crippen LogP contribution is -2.45. The molecule has 0 saturated heterocycles. The molecule has 0 aromatic heterocycles. The Kier molecular flexibility index (Phi) is 8.03. The number of ether oxygens (including phenoxy) is 2. The summed E-state index contributed by atoms with van der Waals surface area (Å²) in [5.41, 5.74) is 0.193. The lowest BCUT2D eigenvalue weighted by Gasteiger charge is -2.24. The van der Waals surface area contributed by atoms with Gasteiger partial charge in [-0.3, -0.25) is 4.79 Å². The zero-order valence-electron chi connectivity index (χ0n) is 15.9. The van der Waals surface area contributed by atoms with E-state index in [0.717, 1.165) is 17.7 Å². The van der Waals surface area contributed by atoms with Crippen LogP contribution in [0.2, 0.25) is 0 Å². The minimum Gasteiger partial charge on any atom is -0.458 e. The highest BCUT2D eigenvalue weighted by Gasteiger charge is 2.25. The van der Waals surface area contributed by atoms with Gasteiger partial charge in [-0.1, -0.05) is 44.2 Å². The van der Waals surface area contributed by atoms with Gasteiger partial charge in [0.25, 0.3) is 0 Å². The summed E-state index contributed by atoms with van der Waals surface area (Å²) in [4.78, 5) is 35.9. The van der Waals surface area contributed by atoms with Crippen molar-refractivity contribution < 1.29 is 23.9 Å². The summed E-state index contributed by atoms with van der Waals surface area (Å²) < 4.78 is 10.2. The van der Waals surface area contributed by atoms with Crippen LogP contribution in [0.15, 0.2) is 42.5 Å². The number of rotatable bonds is 7. The Morgan fingerprint density at radius 2 is 1.69 bits per heavy atom. The van der Waals surface area contributed by atoms with Crippen LogP contribution < -0.4 is 5.32 Å². The summed E-state index contributed by atoms with van der Waals surface area (Å²) in [7, 11) is 0. The number of benzene rings is 1. The third-order valence-corrected chi connectivity index (χ3v) is 3.25. The largest absolute Gasteiger partial charge is 0.458 e. The summed E-state index contributed by atoms with van der Waals surface area (Å²) in [6.07, 6.45) is 1.51. The zero-order valence-corrected chi connectivity index (χ0v) is 15.9. The molecular formula is C20H27NO5. The molecule has 6 nitrogen and oxygen atoms in total. The van der Waals surface area contributed by atoms with Crippen LogP contribution in [0.4, 0.5) is 4.79 Å². The van der Waals surface area contributed by atoms with Crippen LogP contribution in [0.25, 0.3) is 0 Å². The molecule has 1 N–H and O–H groups in total. The van der Waals surface area contributed by atoms with Crippen LogP contribution >= 0.6 is 0 Å². The first-order valence-corrected chi connectivity index (χ1v) is 8.50. The second-order valence-electron chi connectivity index (χ2n) is 7.20. The molecule has 0 radical (unpaired) electrons. The van der Waals surface area contributed by atoms with Crippen molar-refractivity contribution in [1.82, 2.24) is 5.32 Å². The van der Waals surface area contributed by atoms with Gasteiger partial charge in [-0.2, -0.15) is 0 Å². The maximum Gasteiger partial charge on any atom is 0.408 e. The van der Waals surface area contributed by atoms with Crippen LogP contribution in [0.1, 0.15) is 40.2 Å². The van der Waals surface area contributed by atoms with Crippen molar-refractivity contribution >= 4 is 17.8 Å². The molecule has 1 aromatic rings. The summed E-state index contributed by atoms with van der Waals surface area (Å²) in [6, 6.07) is 8.44. The summed E-state index contributed by atoms with van der Waals surface area (Å²) in [6.45, 7) is 8.93. The average molecular weight is 361 g/mol. The number of hydrogen-bond acceptors (Lipinski definition) is 5. The molecule has 0 aliphatic rings. The molecule has 0 bridgehead atoms. The normalized spacial score (nSPS) is 12.7. The highest BCUT2D eigenvalue weighted by molar-refractivity contribution is 6.00. The van der Waals surface area contributed by atoms with Crippen LogP contribution in [-0.4, -0.2) is 29.5 Å². The van der Waals surface area contributed by atoms with Crippen LogP contribution in [0, 0.1) is 5.92 Å². The number of nitrogens with one attached hydrogen (secondary N) is 1. The SMILES string of the molecule is CC(C)[C@H](NC(=O)OC(C)(C)C)C(=O)/C=C/C(=O)OCc1ccccc1.